The average Bonchev–Trinajstić information content (AvgIpc) is 3.26. The molecule has 34 heavy (non-hydrogen) atoms. The molecule has 180 valence electrons. The van der Waals surface area contributed by atoms with Gasteiger partial charge >= 0.3 is 6.18 Å². The standard InChI is InChI=1S/C24H25F3N4O3/c1-15(18-7-5-16(13-32)6-8-18)30-23(34)21(20(28)14-33)22-29-9-10-31(22)12-17-3-2-4-19(11-17)24(25,26)27/h2-8,11,13,15,28-29,33H,9-10,12,14H2,1H3,(H,30,34)/b22-21-,28-20?. The summed E-state index contributed by atoms with van der Waals surface area (Å²) in [6, 6.07) is 11.1. The van der Waals surface area contributed by atoms with Gasteiger partial charge in [0.05, 0.1) is 23.9 Å². The normalized spacial score (nSPS) is 16.0. The highest BCUT2D eigenvalue weighted by Gasteiger charge is 2.31. The Morgan fingerprint density at radius 2 is 1.97 bits per heavy atom. The number of rotatable bonds is 8. The van der Waals surface area contributed by atoms with Gasteiger partial charge in [0.15, 0.2) is 0 Å². The molecule has 10 heteroatoms. The summed E-state index contributed by atoms with van der Waals surface area (Å²) < 4.78 is 39.3. The van der Waals surface area contributed by atoms with E-state index in [1.165, 1.54) is 6.07 Å². The summed E-state index contributed by atoms with van der Waals surface area (Å²) in [5.74, 6) is -0.332. The maximum atomic E-state index is 13.1. The first-order valence-electron chi connectivity index (χ1n) is 10.6. The molecular formula is C24H25F3N4O3. The first kappa shape index (κ1) is 25.0. The number of hydrogen-bond acceptors (Lipinski definition) is 6. The van der Waals surface area contributed by atoms with Gasteiger partial charge in [-0.05, 0) is 30.2 Å². The van der Waals surface area contributed by atoms with Crippen molar-refractivity contribution in [2.45, 2.75) is 25.7 Å². The van der Waals surface area contributed by atoms with E-state index in [-0.39, 0.29) is 23.7 Å². The monoisotopic (exact) mass is 474 g/mol. The van der Waals surface area contributed by atoms with E-state index in [0.29, 0.717) is 30.5 Å². The molecule has 0 saturated carbocycles. The molecule has 3 rings (SSSR count). The van der Waals surface area contributed by atoms with Gasteiger partial charge in [-0.25, -0.2) is 0 Å². The van der Waals surface area contributed by atoms with Crippen LogP contribution in [0.2, 0.25) is 0 Å². The van der Waals surface area contributed by atoms with Gasteiger partial charge in [0.25, 0.3) is 5.91 Å². The molecule has 0 aromatic heterocycles. The minimum atomic E-state index is -4.47. The smallest absolute Gasteiger partial charge is 0.390 e. The number of amides is 1. The van der Waals surface area contributed by atoms with Crippen LogP contribution in [-0.2, 0) is 17.5 Å². The molecule has 1 amide bonds. The third-order valence-corrected chi connectivity index (χ3v) is 5.46. The van der Waals surface area contributed by atoms with Gasteiger partial charge < -0.3 is 26.0 Å². The van der Waals surface area contributed by atoms with Gasteiger partial charge in [0, 0.05) is 25.2 Å². The zero-order chi connectivity index (χ0) is 24.9. The highest BCUT2D eigenvalue weighted by atomic mass is 19.4. The summed E-state index contributed by atoms with van der Waals surface area (Å²) >= 11 is 0. The summed E-state index contributed by atoms with van der Waals surface area (Å²) in [4.78, 5) is 25.7. The molecule has 0 bridgehead atoms. The second-order valence-corrected chi connectivity index (χ2v) is 7.89. The summed E-state index contributed by atoms with van der Waals surface area (Å²) in [5, 5.41) is 23.6. The van der Waals surface area contributed by atoms with Gasteiger partial charge in [-0.15, -0.1) is 0 Å². The molecule has 2 aromatic rings. The first-order chi connectivity index (χ1) is 16.1. The number of nitrogens with zero attached hydrogens (tertiary/aromatic N) is 1. The number of aliphatic hydroxyl groups is 1. The zero-order valence-corrected chi connectivity index (χ0v) is 18.4. The van der Waals surface area contributed by atoms with Crippen LogP contribution < -0.4 is 10.6 Å². The van der Waals surface area contributed by atoms with E-state index < -0.39 is 30.3 Å². The van der Waals surface area contributed by atoms with Crippen LogP contribution in [0.4, 0.5) is 13.2 Å². The Bertz CT molecular complexity index is 1100. The zero-order valence-electron chi connectivity index (χ0n) is 18.4. The van der Waals surface area contributed by atoms with Crippen LogP contribution in [0.3, 0.4) is 0 Å². The summed E-state index contributed by atoms with van der Waals surface area (Å²) in [6.45, 7) is 1.97. The summed E-state index contributed by atoms with van der Waals surface area (Å²) in [6.07, 6.45) is -3.76. The van der Waals surface area contributed by atoms with Crippen molar-refractivity contribution in [1.82, 2.24) is 15.5 Å². The Balaban J connectivity index is 1.86. The molecule has 0 spiro atoms. The van der Waals surface area contributed by atoms with E-state index in [1.807, 2.05) is 0 Å². The molecule has 1 heterocycles. The van der Waals surface area contributed by atoms with Crippen molar-refractivity contribution in [3.8, 4) is 0 Å². The number of benzene rings is 2. The molecule has 1 aliphatic heterocycles. The fraction of sp³-hybridized carbons (Fsp3) is 0.292. The molecule has 1 saturated heterocycles. The number of carbonyl (C=O) groups excluding carboxylic acids is 2. The number of halogens is 3. The molecule has 1 fully saturated rings. The maximum Gasteiger partial charge on any atom is 0.416 e. The fourth-order valence-corrected chi connectivity index (χ4v) is 3.69. The van der Waals surface area contributed by atoms with Crippen LogP contribution in [0.5, 0.6) is 0 Å². The molecule has 1 unspecified atom stereocenters. The van der Waals surface area contributed by atoms with E-state index in [2.05, 4.69) is 10.6 Å². The van der Waals surface area contributed by atoms with E-state index in [1.54, 1.807) is 42.2 Å². The lowest BCUT2D eigenvalue weighted by molar-refractivity contribution is -0.137. The highest BCUT2D eigenvalue weighted by Crippen LogP contribution is 2.30. The van der Waals surface area contributed by atoms with Crippen molar-refractivity contribution in [2.24, 2.45) is 0 Å². The van der Waals surface area contributed by atoms with Crippen molar-refractivity contribution >= 4 is 17.9 Å². The van der Waals surface area contributed by atoms with E-state index in [4.69, 9.17) is 5.41 Å². The van der Waals surface area contributed by atoms with Gasteiger partial charge in [-0.2, -0.15) is 13.2 Å². The third kappa shape index (κ3) is 5.82. The molecule has 0 radical (unpaired) electrons. The Labute approximate surface area is 194 Å². The first-order valence-corrected chi connectivity index (χ1v) is 10.6. The lowest BCUT2D eigenvalue weighted by atomic mass is 10.0. The van der Waals surface area contributed by atoms with Crippen molar-refractivity contribution in [2.75, 3.05) is 19.7 Å². The Morgan fingerprint density at radius 3 is 2.59 bits per heavy atom. The predicted molar refractivity (Wildman–Crippen MR) is 120 cm³/mol. The second-order valence-electron chi connectivity index (χ2n) is 7.89. The molecule has 2 aromatic carbocycles. The SMILES string of the molecule is CC(NC(=O)/C(C(=N)CO)=C1/NCCN1Cc1cccc(C(F)(F)F)c1)c1ccc(C=O)cc1. The summed E-state index contributed by atoms with van der Waals surface area (Å²) in [5.41, 5.74) is 0.461. The predicted octanol–water partition coefficient (Wildman–Crippen LogP) is 3.02. The Hall–Kier alpha value is -3.66. The van der Waals surface area contributed by atoms with Crippen LogP contribution in [0.25, 0.3) is 0 Å². The Morgan fingerprint density at radius 1 is 1.26 bits per heavy atom. The van der Waals surface area contributed by atoms with Gasteiger partial charge in [-0.3, -0.25) is 9.59 Å². The molecule has 1 aliphatic rings. The number of carbonyl (C=O) groups is 2. The second kappa shape index (κ2) is 10.5. The average molecular weight is 474 g/mol. The minimum Gasteiger partial charge on any atom is -0.390 e. The molecular weight excluding hydrogens is 449 g/mol. The number of aldehydes is 1. The lowest BCUT2D eigenvalue weighted by Crippen LogP contribution is -2.36. The molecule has 1 atom stereocenters. The summed E-state index contributed by atoms with van der Waals surface area (Å²) in [7, 11) is 0. The molecule has 7 nitrogen and oxygen atoms in total. The number of alkyl halides is 3. The van der Waals surface area contributed by atoms with Crippen LogP contribution in [0.15, 0.2) is 59.9 Å². The topological polar surface area (TPSA) is 106 Å². The van der Waals surface area contributed by atoms with Crippen molar-refractivity contribution in [3.63, 3.8) is 0 Å². The maximum absolute atomic E-state index is 13.1. The lowest BCUT2D eigenvalue weighted by Gasteiger charge is -2.24. The van der Waals surface area contributed by atoms with Crippen LogP contribution >= 0.6 is 0 Å². The quantitative estimate of drug-likeness (QED) is 0.267. The van der Waals surface area contributed by atoms with Crippen molar-refractivity contribution in [1.29, 1.82) is 5.41 Å². The van der Waals surface area contributed by atoms with Gasteiger partial charge in [-0.1, -0.05) is 36.4 Å². The van der Waals surface area contributed by atoms with Crippen molar-refractivity contribution in [3.05, 3.63) is 82.2 Å². The van der Waals surface area contributed by atoms with E-state index in [0.717, 1.165) is 17.7 Å². The van der Waals surface area contributed by atoms with E-state index in [9.17, 15) is 27.9 Å². The number of aliphatic hydroxyl groups excluding tert-OH is 1. The number of hydrogen-bond donors (Lipinski definition) is 4. The third-order valence-electron chi connectivity index (χ3n) is 5.46. The number of nitrogens with one attached hydrogen (secondary N) is 3. The van der Waals surface area contributed by atoms with Gasteiger partial charge in [0.1, 0.15) is 17.7 Å². The Kier molecular flexibility index (Phi) is 7.72. The van der Waals surface area contributed by atoms with Crippen molar-refractivity contribution < 1.29 is 27.9 Å². The highest BCUT2D eigenvalue weighted by molar-refractivity contribution is 6.21. The fourth-order valence-electron chi connectivity index (χ4n) is 3.69. The van der Waals surface area contributed by atoms with Crippen LogP contribution in [0, 0.1) is 5.41 Å². The molecule has 0 aliphatic carbocycles. The largest absolute Gasteiger partial charge is 0.416 e. The van der Waals surface area contributed by atoms with Crippen LogP contribution in [-0.4, -0.2) is 47.6 Å². The van der Waals surface area contributed by atoms with Crippen LogP contribution in [0.1, 0.15) is 40.0 Å². The molecule has 4 N–H and O–H groups in total. The van der Waals surface area contributed by atoms with Gasteiger partial charge in [0.2, 0.25) is 0 Å². The van der Waals surface area contributed by atoms with E-state index >= 15 is 0 Å². The minimum absolute atomic E-state index is 0.0802.